The van der Waals surface area contributed by atoms with Gasteiger partial charge in [0.1, 0.15) is 5.65 Å². The molecule has 1 aliphatic heterocycles. The van der Waals surface area contributed by atoms with Crippen molar-refractivity contribution >= 4 is 5.65 Å². The van der Waals surface area contributed by atoms with E-state index in [1.807, 2.05) is 18.2 Å². The van der Waals surface area contributed by atoms with E-state index in [0.29, 0.717) is 18.2 Å². The zero-order chi connectivity index (χ0) is 13.9. The molecular weight excluding hydrogens is 252 g/mol. The Hall–Kier alpha value is -1.72. The normalized spacial score (nSPS) is 19.0. The molecule has 2 aromatic heterocycles. The molecule has 5 nitrogen and oxygen atoms in total. The topological polar surface area (TPSA) is 49.6 Å². The van der Waals surface area contributed by atoms with E-state index in [4.69, 9.17) is 0 Å². The number of rotatable bonds is 4. The van der Waals surface area contributed by atoms with Crippen molar-refractivity contribution in [2.24, 2.45) is 0 Å². The lowest BCUT2D eigenvalue weighted by Gasteiger charge is -2.20. The van der Waals surface area contributed by atoms with E-state index >= 15 is 0 Å². The molecule has 3 heterocycles. The highest BCUT2D eigenvalue weighted by molar-refractivity contribution is 5.37. The van der Waals surface area contributed by atoms with Crippen LogP contribution in [0, 0.1) is 0 Å². The first kappa shape index (κ1) is 13.3. The van der Waals surface area contributed by atoms with Gasteiger partial charge in [-0.2, -0.15) is 0 Å². The molecular formula is C15H20N4O. The largest absolute Gasteiger partial charge is 0.313 e. The van der Waals surface area contributed by atoms with Gasteiger partial charge in [-0.25, -0.2) is 4.98 Å². The Morgan fingerprint density at radius 2 is 2.40 bits per heavy atom. The van der Waals surface area contributed by atoms with Crippen LogP contribution in [0.25, 0.3) is 5.65 Å². The van der Waals surface area contributed by atoms with Crippen molar-refractivity contribution in [2.75, 3.05) is 20.1 Å². The Morgan fingerprint density at radius 3 is 3.20 bits per heavy atom. The molecule has 0 aliphatic carbocycles. The molecule has 1 atom stereocenters. The summed E-state index contributed by atoms with van der Waals surface area (Å²) in [6.07, 6.45) is 4.24. The predicted octanol–water partition coefficient (Wildman–Crippen LogP) is 0.878. The van der Waals surface area contributed by atoms with Gasteiger partial charge in [-0.15, -0.1) is 0 Å². The molecule has 0 saturated carbocycles. The molecule has 0 radical (unpaired) electrons. The molecule has 1 aliphatic rings. The highest BCUT2D eigenvalue weighted by Crippen LogP contribution is 2.08. The van der Waals surface area contributed by atoms with E-state index < -0.39 is 0 Å². The third kappa shape index (κ3) is 2.89. The van der Waals surface area contributed by atoms with E-state index in [9.17, 15) is 4.79 Å². The molecule has 1 saturated heterocycles. The van der Waals surface area contributed by atoms with Crippen LogP contribution >= 0.6 is 0 Å². The average Bonchev–Trinajstić information content (AvgIpc) is 2.91. The van der Waals surface area contributed by atoms with Crippen LogP contribution in [0.1, 0.15) is 18.5 Å². The minimum absolute atomic E-state index is 0.0157. The minimum atomic E-state index is -0.0157. The number of aromatic nitrogens is 2. The number of nitrogens with one attached hydrogen (secondary N) is 1. The molecule has 20 heavy (non-hydrogen) atoms. The van der Waals surface area contributed by atoms with Crippen LogP contribution in [-0.4, -0.2) is 40.5 Å². The quantitative estimate of drug-likeness (QED) is 0.897. The molecule has 1 N–H and O–H groups in total. The Morgan fingerprint density at radius 1 is 1.50 bits per heavy atom. The molecule has 1 fully saturated rings. The third-order valence-electron chi connectivity index (χ3n) is 3.75. The first-order valence-corrected chi connectivity index (χ1v) is 7.11. The van der Waals surface area contributed by atoms with E-state index in [-0.39, 0.29) is 5.56 Å². The van der Waals surface area contributed by atoms with Crippen molar-refractivity contribution in [2.45, 2.75) is 25.4 Å². The van der Waals surface area contributed by atoms with Crippen molar-refractivity contribution in [1.82, 2.24) is 19.6 Å². The zero-order valence-corrected chi connectivity index (χ0v) is 11.7. The van der Waals surface area contributed by atoms with Crippen LogP contribution in [0.4, 0.5) is 0 Å². The van der Waals surface area contributed by atoms with Gasteiger partial charge < -0.3 is 5.32 Å². The highest BCUT2D eigenvalue weighted by atomic mass is 16.1. The Bertz CT molecular complexity index is 646. The summed E-state index contributed by atoms with van der Waals surface area (Å²) >= 11 is 0. The lowest BCUT2D eigenvalue weighted by molar-refractivity contribution is 0.290. The number of hydrogen-bond donors (Lipinski definition) is 1. The van der Waals surface area contributed by atoms with Gasteiger partial charge in [0.05, 0.1) is 5.69 Å². The second-order valence-corrected chi connectivity index (χ2v) is 5.50. The van der Waals surface area contributed by atoms with Gasteiger partial charge in [0.2, 0.25) is 0 Å². The summed E-state index contributed by atoms with van der Waals surface area (Å²) in [6.45, 7) is 2.82. The van der Waals surface area contributed by atoms with Crippen LogP contribution in [-0.2, 0) is 6.54 Å². The smallest absolute Gasteiger partial charge is 0.258 e. The fraction of sp³-hybridized carbons (Fsp3) is 0.467. The number of hydrogen-bond acceptors (Lipinski definition) is 4. The molecule has 0 amide bonds. The monoisotopic (exact) mass is 272 g/mol. The summed E-state index contributed by atoms with van der Waals surface area (Å²) in [5, 5.41) is 3.49. The molecule has 3 rings (SSSR count). The van der Waals surface area contributed by atoms with Gasteiger partial charge in [0.15, 0.2) is 0 Å². The highest BCUT2D eigenvalue weighted by Gasteiger charge is 2.16. The van der Waals surface area contributed by atoms with Crippen LogP contribution in [0.3, 0.4) is 0 Å². The van der Waals surface area contributed by atoms with Gasteiger partial charge >= 0.3 is 0 Å². The number of likely N-dealkylation sites (N-methyl/N-ethyl adjacent to an activating group) is 1. The van der Waals surface area contributed by atoms with Crippen LogP contribution in [0.5, 0.6) is 0 Å². The SMILES string of the molecule is CN(Cc1cc(=O)n2ccccc2n1)CC1CCCN1. The zero-order valence-electron chi connectivity index (χ0n) is 11.7. The summed E-state index contributed by atoms with van der Waals surface area (Å²) in [6, 6.07) is 7.81. The molecule has 106 valence electrons. The Balaban J connectivity index is 1.75. The molecule has 2 aromatic rings. The maximum atomic E-state index is 12.0. The van der Waals surface area contributed by atoms with Gasteiger partial charge in [-0.3, -0.25) is 14.1 Å². The van der Waals surface area contributed by atoms with Crippen molar-refractivity contribution in [1.29, 1.82) is 0 Å². The summed E-state index contributed by atoms with van der Waals surface area (Å²) in [5.41, 5.74) is 1.53. The lowest BCUT2D eigenvalue weighted by Crippen LogP contribution is -2.35. The fourth-order valence-electron chi connectivity index (χ4n) is 2.81. The van der Waals surface area contributed by atoms with Gasteiger partial charge in [-0.05, 0) is 38.6 Å². The second-order valence-electron chi connectivity index (χ2n) is 5.50. The fourth-order valence-corrected chi connectivity index (χ4v) is 2.81. The second kappa shape index (κ2) is 5.73. The van der Waals surface area contributed by atoms with Crippen molar-refractivity contribution in [3.63, 3.8) is 0 Å². The molecule has 0 aromatic carbocycles. The molecule has 1 unspecified atom stereocenters. The summed E-state index contributed by atoms with van der Waals surface area (Å²) < 4.78 is 1.57. The van der Waals surface area contributed by atoms with E-state index in [1.54, 1.807) is 16.7 Å². The van der Waals surface area contributed by atoms with Crippen LogP contribution in [0.2, 0.25) is 0 Å². The van der Waals surface area contributed by atoms with Crippen molar-refractivity contribution in [3.8, 4) is 0 Å². The minimum Gasteiger partial charge on any atom is -0.313 e. The van der Waals surface area contributed by atoms with Crippen molar-refractivity contribution in [3.05, 3.63) is 46.5 Å². The number of nitrogens with zero attached hydrogens (tertiary/aromatic N) is 3. The first-order valence-electron chi connectivity index (χ1n) is 7.11. The maximum absolute atomic E-state index is 12.0. The molecule has 0 bridgehead atoms. The maximum Gasteiger partial charge on any atom is 0.258 e. The summed E-state index contributed by atoms with van der Waals surface area (Å²) in [4.78, 5) is 18.8. The Kier molecular flexibility index (Phi) is 3.80. The van der Waals surface area contributed by atoms with Crippen LogP contribution < -0.4 is 10.9 Å². The average molecular weight is 272 g/mol. The summed E-state index contributed by atoms with van der Waals surface area (Å²) in [7, 11) is 2.08. The van der Waals surface area contributed by atoms with Gasteiger partial charge in [0, 0.05) is 31.4 Å². The standard InChI is InChI=1S/C15H20N4O/c1-18(10-12-5-4-7-16-12)11-13-9-15(20)19-8-3-2-6-14(19)17-13/h2-3,6,8-9,12,16H,4-5,7,10-11H2,1H3. The van der Waals surface area contributed by atoms with Gasteiger partial charge in [0.25, 0.3) is 5.56 Å². The molecule has 0 spiro atoms. The lowest BCUT2D eigenvalue weighted by atomic mass is 10.2. The summed E-state index contributed by atoms with van der Waals surface area (Å²) in [5.74, 6) is 0. The predicted molar refractivity (Wildman–Crippen MR) is 78.8 cm³/mol. The van der Waals surface area contributed by atoms with Crippen molar-refractivity contribution < 1.29 is 0 Å². The first-order chi connectivity index (χ1) is 9.72. The Labute approximate surface area is 118 Å². The van der Waals surface area contributed by atoms with Crippen LogP contribution in [0.15, 0.2) is 35.3 Å². The molecule has 5 heteroatoms. The number of fused-ring (bicyclic) bond motifs is 1. The third-order valence-corrected chi connectivity index (χ3v) is 3.75. The van der Waals surface area contributed by atoms with Gasteiger partial charge in [-0.1, -0.05) is 6.07 Å². The van der Waals surface area contributed by atoms with E-state index in [1.165, 1.54) is 12.8 Å². The number of pyridine rings is 1. The van der Waals surface area contributed by atoms with E-state index in [2.05, 4.69) is 22.2 Å². The van der Waals surface area contributed by atoms with E-state index in [0.717, 1.165) is 18.8 Å².